The quantitative estimate of drug-likeness (QED) is 0.672. The Morgan fingerprint density at radius 2 is 2.25 bits per heavy atom. The van der Waals surface area contributed by atoms with Crippen LogP contribution in [0.3, 0.4) is 0 Å². The highest BCUT2D eigenvalue weighted by Gasteiger charge is 2.24. The molecule has 2 rings (SSSR count). The van der Waals surface area contributed by atoms with E-state index in [1.165, 1.54) is 12.1 Å². The number of nitrogens with two attached hydrogens (primary N) is 1. The zero-order valence-corrected chi connectivity index (χ0v) is 11.5. The first-order chi connectivity index (χ1) is 9.40. The average molecular weight is 300 g/mol. The van der Waals surface area contributed by atoms with Crippen molar-refractivity contribution in [2.75, 3.05) is 25.5 Å². The van der Waals surface area contributed by atoms with Gasteiger partial charge in [-0.25, -0.2) is 17.9 Å². The molecule has 0 aliphatic carbocycles. The van der Waals surface area contributed by atoms with Gasteiger partial charge in [0.25, 0.3) is 0 Å². The van der Waals surface area contributed by atoms with Crippen molar-refractivity contribution in [3.63, 3.8) is 0 Å². The van der Waals surface area contributed by atoms with E-state index in [1.54, 1.807) is 0 Å². The van der Waals surface area contributed by atoms with Gasteiger partial charge >= 0.3 is 5.97 Å². The summed E-state index contributed by atoms with van der Waals surface area (Å²) in [5, 5.41) is 9.05. The maximum atomic E-state index is 12.2. The molecule has 8 heteroatoms. The second-order valence-electron chi connectivity index (χ2n) is 4.64. The van der Waals surface area contributed by atoms with Crippen molar-refractivity contribution in [1.82, 2.24) is 4.72 Å². The van der Waals surface area contributed by atoms with E-state index < -0.39 is 16.0 Å². The van der Waals surface area contributed by atoms with Gasteiger partial charge in [-0.3, -0.25) is 0 Å². The Bertz CT molecular complexity index is 608. The van der Waals surface area contributed by atoms with Gasteiger partial charge in [0, 0.05) is 18.8 Å². The van der Waals surface area contributed by atoms with Crippen LogP contribution < -0.4 is 10.5 Å². The highest BCUT2D eigenvalue weighted by Crippen LogP contribution is 2.20. The highest BCUT2D eigenvalue weighted by atomic mass is 32.2. The van der Waals surface area contributed by atoms with Gasteiger partial charge in [-0.1, -0.05) is 0 Å². The lowest BCUT2D eigenvalue weighted by molar-refractivity contribution is 0.0692. The van der Waals surface area contributed by atoms with Gasteiger partial charge in [0.2, 0.25) is 10.0 Å². The lowest BCUT2D eigenvalue weighted by atomic mass is 10.1. The summed E-state index contributed by atoms with van der Waals surface area (Å²) in [6.07, 6.45) is 0.783. The molecule has 1 aliphatic rings. The predicted octanol–water partition coefficient (Wildman–Crippen LogP) is 0.282. The van der Waals surface area contributed by atoms with Crippen LogP contribution in [-0.4, -0.2) is 39.3 Å². The number of nitrogens with one attached hydrogen (secondary N) is 1. The Hall–Kier alpha value is -1.64. The summed E-state index contributed by atoms with van der Waals surface area (Å²) < 4.78 is 32.0. The fourth-order valence-electron chi connectivity index (χ4n) is 1.99. The molecule has 0 amide bonds. The second kappa shape index (κ2) is 5.78. The summed E-state index contributed by atoms with van der Waals surface area (Å²) in [6.45, 7) is 1.34. The highest BCUT2D eigenvalue weighted by molar-refractivity contribution is 7.89. The smallest absolute Gasteiger partial charge is 0.337 e. The molecule has 110 valence electrons. The van der Waals surface area contributed by atoms with E-state index in [4.69, 9.17) is 15.6 Å². The molecule has 1 atom stereocenters. The molecule has 1 aromatic rings. The van der Waals surface area contributed by atoms with Crippen LogP contribution in [0.4, 0.5) is 5.69 Å². The van der Waals surface area contributed by atoms with Gasteiger partial charge in [-0.2, -0.15) is 0 Å². The van der Waals surface area contributed by atoms with Crippen LogP contribution >= 0.6 is 0 Å². The van der Waals surface area contributed by atoms with Gasteiger partial charge in [0.15, 0.2) is 0 Å². The number of hydrogen-bond donors (Lipinski definition) is 3. The zero-order valence-electron chi connectivity index (χ0n) is 10.7. The number of anilines is 1. The molecule has 0 radical (unpaired) electrons. The molecule has 1 aromatic carbocycles. The third-order valence-electron chi connectivity index (χ3n) is 3.11. The van der Waals surface area contributed by atoms with Crippen LogP contribution in [0.15, 0.2) is 23.1 Å². The number of rotatable bonds is 5. The fraction of sp³-hybridized carbons (Fsp3) is 0.417. The van der Waals surface area contributed by atoms with Gasteiger partial charge in [0.05, 0.1) is 17.1 Å². The summed E-state index contributed by atoms with van der Waals surface area (Å²) in [7, 11) is -3.91. The lowest BCUT2D eigenvalue weighted by Crippen LogP contribution is -2.30. The van der Waals surface area contributed by atoms with Crippen molar-refractivity contribution >= 4 is 21.7 Å². The minimum atomic E-state index is -3.91. The number of benzene rings is 1. The molecule has 1 aliphatic heterocycles. The monoisotopic (exact) mass is 300 g/mol. The van der Waals surface area contributed by atoms with E-state index in [2.05, 4.69) is 4.72 Å². The standard InChI is InChI=1S/C12H16N2O5S/c13-9-1-2-10(12(15)16)11(5-9)20(17,18)14-6-8-3-4-19-7-8/h1-2,5,8,14H,3-4,6-7,13H2,(H,15,16). The van der Waals surface area contributed by atoms with Crippen LogP contribution in [0.1, 0.15) is 16.8 Å². The molecule has 0 spiro atoms. The number of carboxylic acids is 1. The van der Waals surface area contributed by atoms with E-state index in [-0.39, 0.29) is 28.6 Å². The number of nitrogen functional groups attached to an aromatic ring is 1. The molecule has 20 heavy (non-hydrogen) atoms. The van der Waals surface area contributed by atoms with Crippen molar-refractivity contribution in [2.24, 2.45) is 5.92 Å². The van der Waals surface area contributed by atoms with Crippen molar-refractivity contribution in [1.29, 1.82) is 0 Å². The molecule has 1 fully saturated rings. The third-order valence-corrected chi connectivity index (χ3v) is 4.58. The number of sulfonamides is 1. The third kappa shape index (κ3) is 3.27. The molecule has 0 saturated carbocycles. The Labute approximate surface area is 116 Å². The summed E-state index contributed by atoms with van der Waals surface area (Å²) >= 11 is 0. The molecule has 1 heterocycles. The lowest BCUT2D eigenvalue weighted by Gasteiger charge is -2.12. The largest absolute Gasteiger partial charge is 0.478 e. The maximum Gasteiger partial charge on any atom is 0.337 e. The van der Waals surface area contributed by atoms with Crippen molar-refractivity contribution < 1.29 is 23.1 Å². The van der Waals surface area contributed by atoms with E-state index in [0.717, 1.165) is 12.5 Å². The number of carbonyl (C=O) groups is 1. The van der Waals surface area contributed by atoms with E-state index in [1.807, 2.05) is 0 Å². The summed E-state index contributed by atoms with van der Waals surface area (Å²) in [4.78, 5) is 10.8. The topological polar surface area (TPSA) is 119 Å². The fourth-order valence-corrected chi connectivity index (χ4v) is 3.33. The van der Waals surface area contributed by atoms with Crippen LogP contribution in [0.25, 0.3) is 0 Å². The number of carboxylic acid groups (broad SMARTS) is 1. The Morgan fingerprint density at radius 1 is 1.50 bits per heavy atom. The van der Waals surface area contributed by atoms with Crippen molar-refractivity contribution in [3.05, 3.63) is 23.8 Å². The molecular formula is C12H16N2O5S. The second-order valence-corrected chi connectivity index (χ2v) is 6.38. The van der Waals surface area contributed by atoms with Crippen LogP contribution in [0, 0.1) is 5.92 Å². The Balaban J connectivity index is 2.23. The molecule has 0 bridgehead atoms. The minimum Gasteiger partial charge on any atom is -0.478 e. The van der Waals surface area contributed by atoms with Crippen LogP contribution in [0.5, 0.6) is 0 Å². The van der Waals surface area contributed by atoms with Crippen LogP contribution in [0.2, 0.25) is 0 Å². The first-order valence-electron chi connectivity index (χ1n) is 6.10. The maximum absolute atomic E-state index is 12.2. The predicted molar refractivity (Wildman–Crippen MR) is 71.9 cm³/mol. The van der Waals surface area contributed by atoms with Crippen LogP contribution in [-0.2, 0) is 14.8 Å². The minimum absolute atomic E-state index is 0.110. The molecule has 1 unspecified atom stereocenters. The average Bonchev–Trinajstić information content (AvgIpc) is 2.89. The molecule has 7 nitrogen and oxygen atoms in total. The number of hydrogen-bond acceptors (Lipinski definition) is 5. The first kappa shape index (κ1) is 14.8. The molecule has 1 saturated heterocycles. The molecule has 0 aromatic heterocycles. The summed E-state index contributed by atoms with van der Waals surface area (Å²) in [6, 6.07) is 3.69. The first-order valence-corrected chi connectivity index (χ1v) is 7.58. The summed E-state index contributed by atoms with van der Waals surface area (Å²) in [5.41, 5.74) is 5.43. The van der Waals surface area contributed by atoms with Crippen molar-refractivity contribution in [3.8, 4) is 0 Å². The molecule has 4 N–H and O–H groups in total. The Kier molecular flexibility index (Phi) is 4.26. The molecular weight excluding hydrogens is 284 g/mol. The van der Waals surface area contributed by atoms with E-state index in [9.17, 15) is 13.2 Å². The van der Waals surface area contributed by atoms with Gasteiger partial charge in [-0.15, -0.1) is 0 Å². The normalized spacial score (nSPS) is 19.1. The number of aromatic carboxylic acids is 1. The van der Waals surface area contributed by atoms with Gasteiger partial charge in [0.1, 0.15) is 0 Å². The van der Waals surface area contributed by atoms with E-state index in [0.29, 0.717) is 13.2 Å². The zero-order chi connectivity index (χ0) is 14.8. The summed E-state index contributed by atoms with van der Waals surface area (Å²) in [5.74, 6) is -1.20. The van der Waals surface area contributed by atoms with Gasteiger partial charge in [-0.05, 0) is 30.5 Å². The van der Waals surface area contributed by atoms with Gasteiger partial charge < -0.3 is 15.6 Å². The van der Waals surface area contributed by atoms with E-state index >= 15 is 0 Å². The Morgan fingerprint density at radius 3 is 2.85 bits per heavy atom. The van der Waals surface area contributed by atoms with Crippen molar-refractivity contribution in [2.45, 2.75) is 11.3 Å². The number of ether oxygens (including phenoxy) is 1. The SMILES string of the molecule is Nc1ccc(C(=O)O)c(S(=O)(=O)NCC2CCOC2)c1.